The van der Waals surface area contributed by atoms with Gasteiger partial charge in [0.05, 0.1) is 24.2 Å². The summed E-state index contributed by atoms with van der Waals surface area (Å²) in [6.07, 6.45) is 0. The molecule has 10 heteroatoms. The number of carbonyl (C=O) groups is 1. The molecule has 7 nitrogen and oxygen atoms in total. The molecule has 0 spiro atoms. The molecule has 0 fully saturated rings. The van der Waals surface area contributed by atoms with Gasteiger partial charge in [0.1, 0.15) is 36.3 Å². The molecule has 1 N–H and O–H groups in total. The predicted molar refractivity (Wildman–Crippen MR) is 119 cm³/mol. The van der Waals surface area contributed by atoms with Crippen LogP contribution in [0.15, 0.2) is 77.7 Å². The number of hydrogen-bond donors (Lipinski definition) is 1. The van der Waals surface area contributed by atoms with E-state index in [1.54, 1.807) is 0 Å². The van der Waals surface area contributed by atoms with Crippen molar-refractivity contribution >= 4 is 21.6 Å². The molecule has 0 unspecified atom stereocenters. The average Bonchev–Trinajstić information content (AvgIpc) is 2.82. The number of carbonyl (C=O) groups excluding carboxylic acids is 1. The first-order valence-corrected chi connectivity index (χ1v) is 11.3. The molecule has 0 radical (unpaired) electrons. The third kappa shape index (κ3) is 6.42. The number of nitrogens with one attached hydrogen (secondary N) is 1. The summed E-state index contributed by atoms with van der Waals surface area (Å²) >= 11 is 0. The van der Waals surface area contributed by atoms with Crippen LogP contribution in [0.2, 0.25) is 0 Å². The first-order chi connectivity index (χ1) is 15.8. The minimum atomic E-state index is -4.14. The van der Waals surface area contributed by atoms with Gasteiger partial charge in [-0.25, -0.2) is 17.2 Å². The first-order valence-electron chi connectivity index (χ1n) is 9.87. The zero-order valence-electron chi connectivity index (χ0n) is 17.7. The van der Waals surface area contributed by atoms with Gasteiger partial charge >= 0.3 is 0 Å². The predicted octanol–water partition coefficient (Wildman–Crippen LogP) is 3.36. The van der Waals surface area contributed by atoms with E-state index in [1.807, 2.05) is 0 Å². The number of benzene rings is 3. The van der Waals surface area contributed by atoms with Crippen LogP contribution in [-0.4, -0.2) is 41.1 Å². The third-order valence-electron chi connectivity index (χ3n) is 4.56. The number of halogens is 2. The lowest BCUT2D eigenvalue weighted by atomic mass is 10.3. The highest BCUT2D eigenvalue weighted by Crippen LogP contribution is 2.25. The summed E-state index contributed by atoms with van der Waals surface area (Å²) < 4.78 is 64.2. The van der Waals surface area contributed by atoms with Gasteiger partial charge in [0.2, 0.25) is 5.91 Å². The number of nitrogens with zero attached hydrogens (tertiary/aromatic N) is 1. The Labute approximate surface area is 190 Å². The lowest BCUT2D eigenvalue weighted by Crippen LogP contribution is -2.41. The maximum atomic E-state index is 13.4. The second kappa shape index (κ2) is 10.8. The van der Waals surface area contributed by atoms with Gasteiger partial charge in [-0.2, -0.15) is 0 Å². The summed E-state index contributed by atoms with van der Waals surface area (Å²) in [5.74, 6) is -0.612. The van der Waals surface area contributed by atoms with Gasteiger partial charge in [0, 0.05) is 0 Å². The Kier molecular flexibility index (Phi) is 7.83. The van der Waals surface area contributed by atoms with Gasteiger partial charge in [-0.1, -0.05) is 0 Å². The molecule has 3 aromatic rings. The molecular weight excluding hydrogens is 454 g/mol. The summed E-state index contributed by atoms with van der Waals surface area (Å²) in [7, 11) is -2.68. The Morgan fingerprint density at radius 1 is 0.879 bits per heavy atom. The van der Waals surface area contributed by atoms with Crippen molar-refractivity contribution in [3.8, 4) is 11.5 Å². The number of methoxy groups -OCH3 is 1. The van der Waals surface area contributed by atoms with Crippen molar-refractivity contribution in [3.63, 3.8) is 0 Å². The largest absolute Gasteiger partial charge is 0.497 e. The van der Waals surface area contributed by atoms with E-state index in [4.69, 9.17) is 9.47 Å². The van der Waals surface area contributed by atoms with Gasteiger partial charge < -0.3 is 14.8 Å². The fourth-order valence-corrected chi connectivity index (χ4v) is 4.29. The molecule has 3 rings (SSSR count). The van der Waals surface area contributed by atoms with Crippen molar-refractivity contribution in [2.75, 3.05) is 31.1 Å². The number of sulfonamides is 1. The van der Waals surface area contributed by atoms with E-state index in [-0.39, 0.29) is 23.7 Å². The number of amides is 1. The molecule has 0 aromatic heterocycles. The molecule has 0 aliphatic carbocycles. The minimum absolute atomic E-state index is 0.0555. The zero-order chi connectivity index (χ0) is 23.8. The van der Waals surface area contributed by atoms with Crippen molar-refractivity contribution < 1.29 is 31.5 Å². The Morgan fingerprint density at radius 3 is 2.00 bits per heavy atom. The molecule has 0 heterocycles. The number of rotatable bonds is 10. The van der Waals surface area contributed by atoms with E-state index >= 15 is 0 Å². The average molecular weight is 477 g/mol. The van der Waals surface area contributed by atoms with Gasteiger partial charge in [0.25, 0.3) is 10.0 Å². The van der Waals surface area contributed by atoms with E-state index in [0.29, 0.717) is 11.5 Å². The third-order valence-corrected chi connectivity index (χ3v) is 6.34. The Hall–Kier alpha value is -3.66. The van der Waals surface area contributed by atoms with Crippen LogP contribution >= 0.6 is 0 Å². The molecule has 174 valence electrons. The van der Waals surface area contributed by atoms with Crippen molar-refractivity contribution in [1.29, 1.82) is 0 Å². The quantitative estimate of drug-likeness (QED) is 0.454. The van der Waals surface area contributed by atoms with E-state index in [1.165, 1.54) is 67.8 Å². The monoisotopic (exact) mass is 476 g/mol. The van der Waals surface area contributed by atoms with E-state index in [2.05, 4.69) is 5.32 Å². The van der Waals surface area contributed by atoms with Crippen LogP contribution in [0.3, 0.4) is 0 Å². The molecular formula is C23H22F2N2O5S. The van der Waals surface area contributed by atoms with E-state index in [0.717, 1.165) is 16.4 Å². The van der Waals surface area contributed by atoms with Crippen LogP contribution < -0.4 is 19.1 Å². The minimum Gasteiger partial charge on any atom is -0.497 e. The molecule has 0 saturated carbocycles. The summed E-state index contributed by atoms with van der Waals surface area (Å²) in [4.78, 5) is 12.5. The Bertz CT molecular complexity index is 1170. The normalized spacial score (nSPS) is 11.0. The van der Waals surface area contributed by atoms with Crippen molar-refractivity contribution in [2.45, 2.75) is 4.90 Å². The highest BCUT2D eigenvalue weighted by Gasteiger charge is 2.27. The summed E-state index contributed by atoms with van der Waals surface area (Å²) in [5.41, 5.74) is 0.130. The molecule has 0 atom stereocenters. The maximum absolute atomic E-state index is 13.4. The lowest BCUT2D eigenvalue weighted by molar-refractivity contribution is -0.119. The van der Waals surface area contributed by atoms with Crippen molar-refractivity contribution in [1.82, 2.24) is 5.32 Å². The Morgan fingerprint density at radius 2 is 1.42 bits per heavy atom. The standard InChI is InChI=1S/C23H22F2N2O5S/c1-31-20-10-12-22(13-11-20)33(29,30)27(19-6-2-17(24)3-7-19)16-23(28)26-14-15-32-21-8-4-18(25)5-9-21/h2-13H,14-16H2,1H3,(H,26,28). The highest BCUT2D eigenvalue weighted by atomic mass is 32.2. The van der Waals surface area contributed by atoms with Crippen LogP contribution in [0.5, 0.6) is 11.5 Å². The first kappa shape index (κ1) is 24.0. The molecule has 0 aliphatic heterocycles. The number of anilines is 1. The van der Waals surface area contributed by atoms with Gasteiger partial charge in [-0.05, 0) is 72.8 Å². The van der Waals surface area contributed by atoms with Crippen molar-refractivity contribution in [3.05, 3.63) is 84.4 Å². The van der Waals surface area contributed by atoms with Gasteiger partial charge in [0.15, 0.2) is 0 Å². The molecule has 1 amide bonds. The van der Waals surface area contributed by atoms with Crippen molar-refractivity contribution in [2.24, 2.45) is 0 Å². The summed E-state index contributed by atoms with van der Waals surface area (Å²) in [5, 5.41) is 2.58. The zero-order valence-corrected chi connectivity index (χ0v) is 18.5. The SMILES string of the molecule is COc1ccc(S(=O)(=O)N(CC(=O)NCCOc2ccc(F)cc2)c2ccc(F)cc2)cc1. The Balaban J connectivity index is 1.70. The smallest absolute Gasteiger partial charge is 0.264 e. The maximum Gasteiger partial charge on any atom is 0.264 e. The fraction of sp³-hybridized carbons (Fsp3) is 0.174. The lowest BCUT2D eigenvalue weighted by Gasteiger charge is -2.24. The van der Waals surface area contributed by atoms with Crippen LogP contribution in [0.4, 0.5) is 14.5 Å². The second-order valence-corrected chi connectivity index (χ2v) is 8.68. The van der Waals surface area contributed by atoms with Gasteiger partial charge in [-0.15, -0.1) is 0 Å². The van der Waals surface area contributed by atoms with Crippen LogP contribution in [0, 0.1) is 11.6 Å². The van der Waals surface area contributed by atoms with Crippen LogP contribution in [0.25, 0.3) is 0 Å². The highest BCUT2D eigenvalue weighted by molar-refractivity contribution is 7.92. The van der Waals surface area contributed by atoms with E-state index < -0.39 is 34.1 Å². The molecule has 0 aliphatic rings. The summed E-state index contributed by atoms with van der Waals surface area (Å²) in [6, 6.07) is 15.9. The van der Waals surface area contributed by atoms with Crippen LogP contribution in [0.1, 0.15) is 0 Å². The molecule has 33 heavy (non-hydrogen) atoms. The van der Waals surface area contributed by atoms with Gasteiger partial charge in [-0.3, -0.25) is 9.10 Å². The van der Waals surface area contributed by atoms with E-state index in [9.17, 15) is 22.0 Å². The molecule has 0 bridgehead atoms. The molecule has 3 aromatic carbocycles. The van der Waals surface area contributed by atoms with Crippen LogP contribution in [-0.2, 0) is 14.8 Å². The molecule has 0 saturated heterocycles. The number of hydrogen-bond acceptors (Lipinski definition) is 5. The summed E-state index contributed by atoms with van der Waals surface area (Å²) in [6.45, 7) is -0.342. The topological polar surface area (TPSA) is 84.9 Å². The number of ether oxygens (including phenoxy) is 2. The fourth-order valence-electron chi connectivity index (χ4n) is 2.87. The second-order valence-electron chi connectivity index (χ2n) is 6.82.